The molecule has 0 saturated carbocycles. The number of aliphatic carboxylic acids is 4. The standard InChI is InChI=1S/C2H8N2.4C2H4O2.Re/c3-1-2-4;4*1-2(3)4;/h1-4H2;4*1H3,(H,3,4);/q;;;;;+4/p-4. The fraction of sp³-hybridized carbons (Fsp3) is 0.600. The van der Waals surface area contributed by atoms with Crippen LogP contribution < -0.4 is 31.9 Å². The molecule has 1 radical (unpaired) electrons. The summed E-state index contributed by atoms with van der Waals surface area (Å²) >= 11 is 0. The first-order chi connectivity index (χ1) is 8.84. The molecule has 0 aromatic heterocycles. The Morgan fingerprint density at radius 2 is 0.667 bits per heavy atom. The minimum atomic E-state index is -1.08. The third-order valence-corrected chi connectivity index (χ3v) is 0.167. The van der Waals surface area contributed by atoms with Gasteiger partial charge in [-0.25, -0.2) is 0 Å². The van der Waals surface area contributed by atoms with Crippen LogP contribution in [0, 0.1) is 0 Å². The first-order valence-corrected chi connectivity index (χ1v) is 4.95. The maximum absolute atomic E-state index is 8.89. The Bertz CT molecular complexity index is 195. The molecule has 0 amide bonds. The molecule has 0 aromatic carbocycles. The smallest absolute Gasteiger partial charge is 0.550 e. The van der Waals surface area contributed by atoms with E-state index >= 15 is 0 Å². The van der Waals surface area contributed by atoms with Crippen LogP contribution in [0.25, 0.3) is 0 Å². The molecular weight excluding hydrogens is 462 g/mol. The van der Waals surface area contributed by atoms with Gasteiger partial charge in [-0.2, -0.15) is 0 Å². The van der Waals surface area contributed by atoms with E-state index in [9.17, 15) is 0 Å². The van der Waals surface area contributed by atoms with Crippen molar-refractivity contribution < 1.29 is 60.0 Å². The van der Waals surface area contributed by atoms with E-state index in [4.69, 9.17) is 51.1 Å². The molecule has 0 aliphatic carbocycles. The van der Waals surface area contributed by atoms with Crippen LogP contribution in [0.2, 0.25) is 0 Å². The van der Waals surface area contributed by atoms with Crippen molar-refractivity contribution in [1.82, 2.24) is 0 Å². The zero-order chi connectivity index (χ0) is 17.7. The zero-order valence-corrected chi connectivity index (χ0v) is 14.9. The minimum absolute atomic E-state index is 0. The molecule has 11 heteroatoms. The molecule has 0 saturated heterocycles. The second-order valence-electron chi connectivity index (χ2n) is 2.54. The molecule has 0 aromatic rings. The van der Waals surface area contributed by atoms with Crippen LogP contribution in [0.3, 0.4) is 0 Å². The Labute approximate surface area is 136 Å². The molecular formula is C10H20N2O8Re. The predicted octanol–water partition coefficient (Wildman–Crippen LogP) is -6.07. The summed E-state index contributed by atoms with van der Waals surface area (Å²) in [5.74, 6) is -4.33. The molecule has 0 aliphatic heterocycles. The van der Waals surface area contributed by atoms with E-state index in [2.05, 4.69) is 0 Å². The van der Waals surface area contributed by atoms with Crippen LogP contribution in [0.5, 0.6) is 0 Å². The van der Waals surface area contributed by atoms with Gasteiger partial charge in [0.15, 0.2) is 0 Å². The third kappa shape index (κ3) is 17300. The molecule has 0 spiro atoms. The maximum Gasteiger partial charge on any atom is 4.00 e. The van der Waals surface area contributed by atoms with Gasteiger partial charge in [-0.3, -0.25) is 0 Å². The Kier molecular flexibility index (Phi) is 63.2. The van der Waals surface area contributed by atoms with Crippen molar-refractivity contribution in [1.29, 1.82) is 0 Å². The van der Waals surface area contributed by atoms with Gasteiger partial charge in [0.2, 0.25) is 0 Å². The molecule has 0 rings (SSSR count). The molecule has 0 bridgehead atoms. The van der Waals surface area contributed by atoms with Crippen molar-refractivity contribution in [2.75, 3.05) is 13.1 Å². The van der Waals surface area contributed by atoms with E-state index in [1.54, 1.807) is 0 Å². The van der Waals surface area contributed by atoms with Gasteiger partial charge in [-0.1, -0.05) is 0 Å². The summed E-state index contributed by atoms with van der Waals surface area (Å²) in [6.45, 7) is 5.08. The summed E-state index contributed by atoms with van der Waals surface area (Å²) in [5.41, 5.74) is 9.81. The molecule has 4 N–H and O–H groups in total. The van der Waals surface area contributed by atoms with Crippen molar-refractivity contribution in [3.63, 3.8) is 0 Å². The number of hydrogen-bond acceptors (Lipinski definition) is 10. The summed E-state index contributed by atoms with van der Waals surface area (Å²) in [4.78, 5) is 35.6. The van der Waals surface area contributed by atoms with Crippen molar-refractivity contribution >= 4 is 23.9 Å². The zero-order valence-electron chi connectivity index (χ0n) is 12.2. The number of nitrogens with two attached hydrogens (primary N) is 2. The Hall–Kier alpha value is -1.54. The van der Waals surface area contributed by atoms with Crippen molar-refractivity contribution in [2.24, 2.45) is 11.5 Å². The number of rotatable bonds is 1. The van der Waals surface area contributed by atoms with Crippen molar-refractivity contribution in [2.45, 2.75) is 27.7 Å². The summed E-state index contributed by atoms with van der Waals surface area (Å²) in [6, 6.07) is 0. The van der Waals surface area contributed by atoms with Crippen LogP contribution in [-0.2, 0) is 39.6 Å². The van der Waals surface area contributed by atoms with Crippen LogP contribution in [-0.4, -0.2) is 37.0 Å². The van der Waals surface area contributed by atoms with E-state index in [1.165, 1.54) is 0 Å². The van der Waals surface area contributed by atoms with Gasteiger partial charge >= 0.3 is 20.4 Å². The van der Waals surface area contributed by atoms with Crippen LogP contribution in [0.1, 0.15) is 27.7 Å². The molecule has 0 fully saturated rings. The Balaban J connectivity index is -0.0000000331. The second-order valence-corrected chi connectivity index (χ2v) is 2.54. The summed E-state index contributed by atoms with van der Waals surface area (Å²) in [6.07, 6.45) is 0. The largest absolute Gasteiger partial charge is 4.00 e. The number of carboxylic acid groups (broad SMARTS) is 4. The van der Waals surface area contributed by atoms with E-state index in [-0.39, 0.29) is 20.4 Å². The number of hydrogen-bond donors (Lipinski definition) is 2. The normalized spacial score (nSPS) is 6.19. The summed E-state index contributed by atoms with van der Waals surface area (Å²) in [5, 5.41) is 35.6. The van der Waals surface area contributed by atoms with E-state index in [0.717, 1.165) is 27.7 Å². The van der Waals surface area contributed by atoms with Crippen molar-refractivity contribution in [3.05, 3.63) is 0 Å². The average Bonchev–Trinajstić information content (AvgIpc) is 2.13. The summed E-state index contributed by atoms with van der Waals surface area (Å²) in [7, 11) is 0. The molecule has 125 valence electrons. The molecule has 0 aliphatic rings. The first-order valence-electron chi connectivity index (χ1n) is 4.95. The minimum Gasteiger partial charge on any atom is -0.550 e. The number of carboxylic acids is 4. The van der Waals surface area contributed by atoms with Crippen LogP contribution >= 0.6 is 0 Å². The maximum atomic E-state index is 8.89. The first kappa shape index (κ1) is 36.6. The monoisotopic (exact) mass is 483 g/mol. The van der Waals surface area contributed by atoms with Gasteiger partial charge < -0.3 is 51.1 Å². The van der Waals surface area contributed by atoms with Gasteiger partial charge in [-0.05, 0) is 27.7 Å². The molecule has 0 heterocycles. The summed E-state index contributed by atoms with van der Waals surface area (Å²) < 4.78 is 0. The van der Waals surface area contributed by atoms with Crippen LogP contribution in [0.15, 0.2) is 0 Å². The topological polar surface area (TPSA) is 213 Å². The number of carbonyl (C=O) groups excluding carboxylic acids is 4. The van der Waals surface area contributed by atoms with Gasteiger partial charge in [0.25, 0.3) is 0 Å². The van der Waals surface area contributed by atoms with Crippen molar-refractivity contribution in [3.8, 4) is 0 Å². The van der Waals surface area contributed by atoms with E-state index < -0.39 is 23.9 Å². The van der Waals surface area contributed by atoms with Gasteiger partial charge in [0, 0.05) is 37.0 Å². The Morgan fingerprint density at radius 1 is 0.619 bits per heavy atom. The average molecular weight is 482 g/mol. The SMILES string of the molecule is CC(=O)[O-].CC(=O)[O-].CC(=O)[O-].CC(=O)[O-].NCCN.[Re+4]. The fourth-order valence-corrected chi connectivity index (χ4v) is 0. The van der Waals surface area contributed by atoms with Crippen LogP contribution in [0.4, 0.5) is 0 Å². The Morgan fingerprint density at radius 3 is 0.667 bits per heavy atom. The second kappa shape index (κ2) is 36.2. The van der Waals surface area contributed by atoms with Gasteiger partial charge in [0.05, 0.1) is 0 Å². The molecule has 0 atom stereocenters. The molecule has 21 heavy (non-hydrogen) atoms. The quantitative estimate of drug-likeness (QED) is 0.361. The fourth-order valence-electron chi connectivity index (χ4n) is 0. The number of carbonyl (C=O) groups is 4. The molecule has 0 unspecified atom stereocenters. The third-order valence-electron chi connectivity index (χ3n) is 0.167. The van der Waals surface area contributed by atoms with E-state index in [1.807, 2.05) is 0 Å². The van der Waals surface area contributed by atoms with Gasteiger partial charge in [0.1, 0.15) is 0 Å². The van der Waals surface area contributed by atoms with Gasteiger partial charge in [-0.15, -0.1) is 0 Å². The van der Waals surface area contributed by atoms with E-state index in [0.29, 0.717) is 13.1 Å². The predicted molar refractivity (Wildman–Crippen MR) is 60.8 cm³/mol. The molecule has 10 nitrogen and oxygen atoms in total.